The molecule has 1 atom stereocenters. The largest absolute Gasteiger partial charge is 0.419 e. The van der Waals surface area contributed by atoms with Gasteiger partial charge in [0.25, 0.3) is 0 Å². The van der Waals surface area contributed by atoms with Crippen LogP contribution < -0.4 is 4.74 Å². The van der Waals surface area contributed by atoms with Crippen LogP contribution in [0.5, 0.6) is 5.75 Å². The van der Waals surface area contributed by atoms with Crippen LogP contribution in [0.2, 0.25) is 0 Å². The van der Waals surface area contributed by atoms with E-state index in [1.165, 1.54) is 0 Å². The monoisotopic (exact) mass is 319 g/mol. The summed E-state index contributed by atoms with van der Waals surface area (Å²) in [7, 11) is 0. The lowest BCUT2D eigenvalue weighted by Gasteiger charge is -2.28. The van der Waals surface area contributed by atoms with E-state index in [0.29, 0.717) is 16.7 Å². The maximum absolute atomic E-state index is 12.4. The van der Waals surface area contributed by atoms with E-state index in [4.69, 9.17) is 16.3 Å². The summed E-state index contributed by atoms with van der Waals surface area (Å²) in [4.78, 5) is 14.0. The lowest BCUT2D eigenvalue weighted by atomic mass is 10.0. The van der Waals surface area contributed by atoms with Crippen LogP contribution in [0.4, 0.5) is 4.79 Å². The summed E-state index contributed by atoms with van der Waals surface area (Å²) in [6.07, 6.45) is 8.01. The van der Waals surface area contributed by atoms with E-state index in [1.807, 2.05) is 24.3 Å². The van der Waals surface area contributed by atoms with Gasteiger partial charge in [-0.1, -0.05) is 56.5 Å². The standard InChI is InChI=1S/C18H22ClNO2/c1-14(2)7-6-8-16-13-15(19)11-12-20(16)18(21)22-17-9-4-3-5-10-17/h3-5,9-14,16H,6-8H2,1-2H3. The second-order valence-corrected chi connectivity index (χ2v) is 6.28. The Kier molecular flexibility index (Phi) is 6.08. The first kappa shape index (κ1) is 16.6. The highest BCUT2D eigenvalue weighted by Crippen LogP contribution is 2.23. The van der Waals surface area contributed by atoms with Gasteiger partial charge in [0.15, 0.2) is 0 Å². The number of amides is 1. The Balaban J connectivity index is 2.00. The molecular formula is C18H22ClNO2. The molecule has 118 valence electrons. The van der Waals surface area contributed by atoms with Gasteiger partial charge in [-0.2, -0.15) is 0 Å². The molecule has 0 aromatic heterocycles. The van der Waals surface area contributed by atoms with Crippen molar-refractivity contribution in [2.24, 2.45) is 5.92 Å². The van der Waals surface area contributed by atoms with E-state index in [2.05, 4.69) is 13.8 Å². The van der Waals surface area contributed by atoms with Gasteiger partial charge < -0.3 is 4.74 Å². The van der Waals surface area contributed by atoms with Crippen LogP contribution in [0.1, 0.15) is 33.1 Å². The zero-order valence-electron chi connectivity index (χ0n) is 13.0. The molecule has 1 aliphatic heterocycles. The fourth-order valence-electron chi connectivity index (χ4n) is 2.38. The molecule has 22 heavy (non-hydrogen) atoms. The molecular weight excluding hydrogens is 298 g/mol. The first-order valence-electron chi connectivity index (χ1n) is 7.67. The fourth-order valence-corrected chi connectivity index (χ4v) is 2.58. The van der Waals surface area contributed by atoms with E-state index in [0.717, 1.165) is 19.3 Å². The summed E-state index contributed by atoms with van der Waals surface area (Å²) in [5.41, 5.74) is 0. The molecule has 2 rings (SSSR count). The third-order valence-corrected chi connectivity index (χ3v) is 3.80. The normalized spacial score (nSPS) is 17.5. The molecule has 0 fully saturated rings. The minimum absolute atomic E-state index is 0.0486. The van der Waals surface area contributed by atoms with Gasteiger partial charge in [0.2, 0.25) is 0 Å². The van der Waals surface area contributed by atoms with Crippen LogP contribution in [0.25, 0.3) is 0 Å². The van der Waals surface area contributed by atoms with E-state index in [-0.39, 0.29) is 12.1 Å². The fraction of sp³-hybridized carbons (Fsp3) is 0.389. The minimum Gasteiger partial charge on any atom is -0.410 e. The highest BCUT2D eigenvalue weighted by Gasteiger charge is 2.24. The summed E-state index contributed by atoms with van der Waals surface area (Å²) in [5, 5.41) is 0.665. The number of benzene rings is 1. The molecule has 1 amide bonds. The third-order valence-electron chi connectivity index (χ3n) is 3.54. The molecule has 1 aromatic rings. The summed E-state index contributed by atoms with van der Waals surface area (Å²) in [6.45, 7) is 4.40. The molecule has 4 heteroatoms. The molecule has 1 unspecified atom stereocenters. The molecule has 0 saturated heterocycles. The third kappa shape index (κ3) is 4.92. The van der Waals surface area contributed by atoms with Gasteiger partial charge in [-0.3, -0.25) is 4.90 Å². The topological polar surface area (TPSA) is 29.5 Å². The van der Waals surface area contributed by atoms with Gasteiger partial charge >= 0.3 is 6.09 Å². The highest BCUT2D eigenvalue weighted by atomic mass is 35.5. The zero-order valence-corrected chi connectivity index (χ0v) is 13.8. The van der Waals surface area contributed by atoms with Gasteiger partial charge in [-0.15, -0.1) is 0 Å². The number of ether oxygens (including phenoxy) is 1. The first-order chi connectivity index (χ1) is 10.6. The van der Waals surface area contributed by atoms with Gasteiger partial charge in [0.05, 0.1) is 6.04 Å². The van der Waals surface area contributed by atoms with Crippen molar-refractivity contribution in [3.63, 3.8) is 0 Å². The number of rotatable bonds is 5. The van der Waals surface area contributed by atoms with Crippen molar-refractivity contribution in [2.75, 3.05) is 0 Å². The molecule has 0 saturated carbocycles. The molecule has 0 spiro atoms. The molecule has 1 aliphatic rings. The number of halogens is 1. The Morgan fingerprint density at radius 3 is 2.73 bits per heavy atom. The molecule has 0 N–H and O–H groups in total. The summed E-state index contributed by atoms with van der Waals surface area (Å²) in [6, 6.07) is 9.05. The average Bonchev–Trinajstić information content (AvgIpc) is 2.48. The molecule has 3 nitrogen and oxygen atoms in total. The number of hydrogen-bond acceptors (Lipinski definition) is 2. The van der Waals surface area contributed by atoms with Gasteiger partial charge in [-0.05, 0) is 36.6 Å². The number of allylic oxidation sites excluding steroid dienone is 2. The number of para-hydroxylation sites is 1. The van der Waals surface area contributed by atoms with E-state index in [9.17, 15) is 4.79 Å². The lowest BCUT2D eigenvalue weighted by molar-refractivity contribution is 0.158. The van der Waals surface area contributed by atoms with Crippen LogP contribution in [0.15, 0.2) is 53.7 Å². The Morgan fingerprint density at radius 1 is 1.32 bits per heavy atom. The van der Waals surface area contributed by atoms with Crippen molar-refractivity contribution < 1.29 is 9.53 Å². The Hall–Kier alpha value is -1.74. The summed E-state index contributed by atoms with van der Waals surface area (Å²) < 4.78 is 5.41. The predicted molar refractivity (Wildman–Crippen MR) is 89.9 cm³/mol. The van der Waals surface area contributed by atoms with Crippen LogP contribution in [0, 0.1) is 5.92 Å². The van der Waals surface area contributed by atoms with Crippen LogP contribution in [-0.2, 0) is 0 Å². The molecule has 0 radical (unpaired) electrons. The van der Waals surface area contributed by atoms with E-state index < -0.39 is 0 Å². The van der Waals surface area contributed by atoms with Crippen molar-refractivity contribution in [3.05, 3.63) is 53.7 Å². The van der Waals surface area contributed by atoms with Crippen molar-refractivity contribution in [2.45, 2.75) is 39.2 Å². The van der Waals surface area contributed by atoms with Gasteiger partial charge in [-0.25, -0.2) is 4.79 Å². The zero-order chi connectivity index (χ0) is 15.9. The Morgan fingerprint density at radius 2 is 2.05 bits per heavy atom. The van der Waals surface area contributed by atoms with Crippen molar-refractivity contribution in [1.29, 1.82) is 0 Å². The van der Waals surface area contributed by atoms with Gasteiger partial charge in [0.1, 0.15) is 5.75 Å². The SMILES string of the molecule is CC(C)CCCC1C=C(Cl)C=CN1C(=O)Oc1ccccc1. The van der Waals surface area contributed by atoms with Crippen molar-refractivity contribution in [3.8, 4) is 5.75 Å². The van der Waals surface area contributed by atoms with E-state index in [1.54, 1.807) is 29.3 Å². The maximum atomic E-state index is 12.4. The predicted octanol–water partition coefficient (Wildman–Crippen LogP) is 5.33. The lowest BCUT2D eigenvalue weighted by Crippen LogP contribution is -2.38. The quantitative estimate of drug-likeness (QED) is 0.734. The highest BCUT2D eigenvalue weighted by molar-refractivity contribution is 6.31. The molecule has 1 aromatic carbocycles. The van der Waals surface area contributed by atoms with Crippen LogP contribution in [0.3, 0.4) is 0 Å². The number of hydrogen-bond donors (Lipinski definition) is 0. The van der Waals surface area contributed by atoms with E-state index >= 15 is 0 Å². The molecule has 1 heterocycles. The maximum Gasteiger partial charge on any atom is 0.419 e. The summed E-state index contributed by atoms with van der Waals surface area (Å²) >= 11 is 6.08. The van der Waals surface area contributed by atoms with Crippen molar-refractivity contribution >= 4 is 17.7 Å². The van der Waals surface area contributed by atoms with Crippen molar-refractivity contribution in [1.82, 2.24) is 4.90 Å². The minimum atomic E-state index is -0.377. The smallest absolute Gasteiger partial charge is 0.410 e. The number of carbonyl (C=O) groups is 1. The second-order valence-electron chi connectivity index (χ2n) is 5.85. The Labute approximate surface area is 137 Å². The Bertz CT molecular complexity index is 551. The van der Waals surface area contributed by atoms with Crippen LogP contribution >= 0.6 is 11.6 Å². The first-order valence-corrected chi connectivity index (χ1v) is 8.05. The second kappa shape index (κ2) is 8.04. The molecule has 0 aliphatic carbocycles. The summed E-state index contributed by atoms with van der Waals surface area (Å²) in [5.74, 6) is 1.20. The van der Waals surface area contributed by atoms with Gasteiger partial charge in [0, 0.05) is 11.2 Å². The number of nitrogens with zero attached hydrogens (tertiary/aromatic N) is 1. The molecule has 0 bridgehead atoms. The average molecular weight is 320 g/mol. The number of carbonyl (C=O) groups excluding carboxylic acids is 1. The van der Waals surface area contributed by atoms with Crippen LogP contribution in [-0.4, -0.2) is 17.0 Å².